The van der Waals surface area contributed by atoms with E-state index >= 15 is 0 Å². The highest BCUT2D eigenvalue weighted by atomic mass is 16.6. The molecule has 2 aliphatic heterocycles. The number of nitrogens with one attached hydrogen (secondary N) is 1. The Labute approximate surface area is 67.1 Å². The van der Waals surface area contributed by atoms with E-state index in [0.29, 0.717) is 24.2 Å². The van der Waals surface area contributed by atoms with Gasteiger partial charge in [0, 0.05) is 12.0 Å². The number of ether oxygens (including phenoxy) is 2. The zero-order valence-corrected chi connectivity index (χ0v) is 7.04. The first-order valence-corrected chi connectivity index (χ1v) is 4.23. The molecule has 11 heavy (non-hydrogen) atoms. The van der Waals surface area contributed by atoms with Gasteiger partial charge >= 0.3 is 0 Å². The minimum atomic E-state index is 0.463. The molecule has 3 atom stereocenters. The van der Waals surface area contributed by atoms with Crippen LogP contribution in [0.15, 0.2) is 0 Å². The Kier molecular flexibility index (Phi) is 1.87. The van der Waals surface area contributed by atoms with Gasteiger partial charge in [-0.1, -0.05) is 0 Å². The average Bonchev–Trinajstić information content (AvgIpc) is 2.81. The molecule has 0 amide bonds. The van der Waals surface area contributed by atoms with Gasteiger partial charge in [0.25, 0.3) is 0 Å². The van der Waals surface area contributed by atoms with Crippen LogP contribution in [0.5, 0.6) is 0 Å². The van der Waals surface area contributed by atoms with Crippen LogP contribution in [0, 0.1) is 5.92 Å². The molecular weight excluding hydrogens is 142 g/mol. The fraction of sp³-hybridized carbons (Fsp3) is 1.00. The Morgan fingerprint density at radius 2 is 1.73 bits per heavy atom. The van der Waals surface area contributed by atoms with Crippen molar-refractivity contribution in [2.24, 2.45) is 5.92 Å². The van der Waals surface area contributed by atoms with Gasteiger partial charge in [-0.3, -0.25) is 0 Å². The number of hydrogen-bond acceptors (Lipinski definition) is 3. The van der Waals surface area contributed by atoms with Crippen molar-refractivity contribution >= 4 is 0 Å². The summed E-state index contributed by atoms with van der Waals surface area (Å²) in [5.41, 5.74) is 0. The summed E-state index contributed by atoms with van der Waals surface area (Å²) in [5, 5.41) is 3.25. The summed E-state index contributed by atoms with van der Waals surface area (Å²) in [6.07, 6.45) is 0.926. The summed E-state index contributed by atoms with van der Waals surface area (Å²) in [7, 11) is 1.99. The van der Waals surface area contributed by atoms with Crippen LogP contribution in [-0.2, 0) is 9.47 Å². The summed E-state index contributed by atoms with van der Waals surface area (Å²) in [6.45, 7) is 4.04. The highest BCUT2D eigenvalue weighted by Gasteiger charge is 2.46. The first-order chi connectivity index (χ1) is 5.33. The van der Waals surface area contributed by atoms with E-state index in [1.807, 2.05) is 7.05 Å². The zero-order valence-electron chi connectivity index (χ0n) is 7.04. The maximum atomic E-state index is 5.27. The molecule has 0 radical (unpaired) electrons. The van der Waals surface area contributed by atoms with Gasteiger partial charge in [-0.25, -0.2) is 0 Å². The van der Waals surface area contributed by atoms with Gasteiger partial charge in [0.05, 0.1) is 25.4 Å². The van der Waals surface area contributed by atoms with Crippen LogP contribution in [0.25, 0.3) is 0 Å². The van der Waals surface area contributed by atoms with Crippen molar-refractivity contribution in [3.05, 3.63) is 0 Å². The van der Waals surface area contributed by atoms with Gasteiger partial charge in [0.1, 0.15) is 0 Å². The van der Waals surface area contributed by atoms with Crippen LogP contribution < -0.4 is 5.32 Å². The molecule has 2 aliphatic rings. The van der Waals surface area contributed by atoms with Crippen LogP contribution in [0.2, 0.25) is 0 Å². The minimum Gasteiger partial charge on any atom is -0.373 e. The summed E-state index contributed by atoms with van der Waals surface area (Å²) in [6, 6.07) is 0.509. The van der Waals surface area contributed by atoms with Crippen LogP contribution in [0.4, 0.5) is 0 Å². The molecule has 1 N–H and O–H groups in total. The first kappa shape index (κ1) is 7.53. The average molecular weight is 157 g/mol. The van der Waals surface area contributed by atoms with E-state index < -0.39 is 0 Å². The minimum absolute atomic E-state index is 0.463. The van der Waals surface area contributed by atoms with E-state index in [-0.39, 0.29) is 0 Å². The third kappa shape index (κ3) is 1.55. The molecule has 3 heteroatoms. The van der Waals surface area contributed by atoms with Gasteiger partial charge in [-0.15, -0.1) is 0 Å². The van der Waals surface area contributed by atoms with Crippen molar-refractivity contribution in [1.29, 1.82) is 0 Å². The van der Waals surface area contributed by atoms with Crippen LogP contribution in [0.3, 0.4) is 0 Å². The lowest BCUT2D eigenvalue weighted by Gasteiger charge is -2.19. The first-order valence-electron chi connectivity index (χ1n) is 4.23. The Balaban J connectivity index is 1.90. The van der Waals surface area contributed by atoms with E-state index in [2.05, 4.69) is 12.2 Å². The molecule has 3 nitrogen and oxygen atoms in total. The molecule has 2 fully saturated rings. The molecule has 2 rings (SSSR count). The molecule has 0 saturated carbocycles. The van der Waals surface area contributed by atoms with Crippen LogP contribution >= 0.6 is 0 Å². The van der Waals surface area contributed by atoms with Crippen LogP contribution in [0.1, 0.15) is 6.92 Å². The molecular formula is C8H15NO2. The zero-order chi connectivity index (χ0) is 7.84. The summed E-state index contributed by atoms with van der Waals surface area (Å²) < 4.78 is 10.5. The smallest absolute Gasteiger partial charge is 0.0878 e. The van der Waals surface area contributed by atoms with E-state index in [1.165, 1.54) is 0 Å². The fourth-order valence-corrected chi connectivity index (χ4v) is 1.63. The van der Waals surface area contributed by atoms with E-state index in [0.717, 1.165) is 13.2 Å². The molecule has 0 aromatic carbocycles. The van der Waals surface area contributed by atoms with Gasteiger partial charge < -0.3 is 14.8 Å². The maximum absolute atomic E-state index is 5.27. The fourth-order valence-electron chi connectivity index (χ4n) is 1.63. The molecule has 0 bridgehead atoms. The molecule has 64 valence electrons. The van der Waals surface area contributed by atoms with Gasteiger partial charge in [-0.05, 0) is 14.0 Å². The standard InChI is InChI=1S/C8H15NO2/c1-5(9-2)8(6-3-10-6)7-4-11-7/h5-9H,3-4H2,1-2H3. The van der Waals surface area contributed by atoms with E-state index in [4.69, 9.17) is 9.47 Å². The summed E-state index contributed by atoms with van der Waals surface area (Å²) in [4.78, 5) is 0. The van der Waals surface area contributed by atoms with Crippen molar-refractivity contribution in [2.45, 2.75) is 25.2 Å². The molecule has 0 aliphatic carbocycles. The summed E-state index contributed by atoms with van der Waals surface area (Å²) >= 11 is 0. The Morgan fingerprint density at radius 3 is 2.00 bits per heavy atom. The predicted molar refractivity (Wildman–Crippen MR) is 41.5 cm³/mol. The van der Waals surface area contributed by atoms with Crippen LogP contribution in [-0.4, -0.2) is 38.5 Å². The Hall–Kier alpha value is -0.120. The molecule has 0 spiro atoms. The van der Waals surface area contributed by atoms with Crippen molar-refractivity contribution in [2.75, 3.05) is 20.3 Å². The second kappa shape index (κ2) is 2.73. The van der Waals surface area contributed by atoms with Gasteiger partial charge in [0.2, 0.25) is 0 Å². The largest absolute Gasteiger partial charge is 0.373 e. The molecule has 0 aromatic heterocycles. The monoisotopic (exact) mass is 157 g/mol. The normalized spacial score (nSPS) is 39.8. The van der Waals surface area contributed by atoms with Crippen molar-refractivity contribution in [1.82, 2.24) is 5.32 Å². The SMILES string of the molecule is CNC(C)C(C1CO1)C1CO1. The third-order valence-electron chi connectivity index (χ3n) is 2.61. The lowest BCUT2D eigenvalue weighted by atomic mass is 9.94. The Bertz CT molecular complexity index is 131. The maximum Gasteiger partial charge on any atom is 0.0878 e. The van der Waals surface area contributed by atoms with E-state index in [1.54, 1.807) is 0 Å². The lowest BCUT2D eigenvalue weighted by molar-refractivity contribution is 0.225. The molecule has 0 aromatic rings. The van der Waals surface area contributed by atoms with E-state index in [9.17, 15) is 0 Å². The number of epoxide rings is 2. The molecule has 2 heterocycles. The lowest BCUT2D eigenvalue weighted by Crippen LogP contribution is -2.37. The third-order valence-corrected chi connectivity index (χ3v) is 2.61. The van der Waals surface area contributed by atoms with Crippen molar-refractivity contribution < 1.29 is 9.47 Å². The highest BCUT2D eigenvalue weighted by molar-refractivity contribution is 4.95. The summed E-state index contributed by atoms with van der Waals surface area (Å²) in [5.74, 6) is 0.569. The highest BCUT2D eigenvalue weighted by Crippen LogP contribution is 2.33. The van der Waals surface area contributed by atoms with Gasteiger partial charge in [0.15, 0.2) is 0 Å². The quantitative estimate of drug-likeness (QED) is 0.584. The second-order valence-electron chi connectivity index (χ2n) is 3.40. The number of hydrogen-bond donors (Lipinski definition) is 1. The second-order valence-corrected chi connectivity index (χ2v) is 3.40. The molecule has 3 unspecified atom stereocenters. The van der Waals surface area contributed by atoms with Crippen molar-refractivity contribution in [3.8, 4) is 0 Å². The Morgan fingerprint density at radius 1 is 1.27 bits per heavy atom. The predicted octanol–water partition coefficient (Wildman–Crippen LogP) is 0.00810. The molecule has 2 saturated heterocycles. The van der Waals surface area contributed by atoms with Crippen molar-refractivity contribution in [3.63, 3.8) is 0 Å². The van der Waals surface area contributed by atoms with Gasteiger partial charge in [-0.2, -0.15) is 0 Å². The number of rotatable bonds is 4. The topological polar surface area (TPSA) is 37.1 Å².